The highest BCUT2D eigenvalue weighted by Gasteiger charge is 2.33. The number of rotatable bonds is 16. The monoisotopic (exact) mass is 586 g/mol. The van der Waals surface area contributed by atoms with E-state index in [4.69, 9.17) is 17.0 Å². The zero-order valence-corrected chi connectivity index (χ0v) is 26.3. The molecule has 1 aromatic heterocycles. The molecule has 220 valence electrons. The van der Waals surface area contributed by atoms with Crippen molar-refractivity contribution in [2.45, 2.75) is 104 Å². The highest BCUT2D eigenvalue weighted by molar-refractivity contribution is 8.26. The van der Waals surface area contributed by atoms with Crippen LogP contribution in [-0.2, 0) is 16.1 Å². The Morgan fingerprint density at radius 1 is 0.925 bits per heavy atom. The summed E-state index contributed by atoms with van der Waals surface area (Å²) in [7, 11) is 0. The summed E-state index contributed by atoms with van der Waals surface area (Å²) < 4.78 is 7.89. The summed E-state index contributed by atoms with van der Waals surface area (Å²) in [5.41, 5.74) is 1.25. The van der Waals surface area contributed by atoms with E-state index in [-0.39, 0.29) is 17.0 Å². The molecule has 2 saturated heterocycles. The second-order valence-electron chi connectivity index (χ2n) is 10.8. The number of hydrogen-bond acceptors (Lipinski definition) is 7. The van der Waals surface area contributed by atoms with Gasteiger partial charge in [0.2, 0.25) is 0 Å². The largest absolute Gasteiger partial charge is 0.378 e. The van der Waals surface area contributed by atoms with E-state index in [1.807, 2.05) is 13.0 Å². The van der Waals surface area contributed by atoms with Crippen LogP contribution in [0.5, 0.6) is 0 Å². The maximum Gasteiger partial charge on any atom is 0.270 e. The summed E-state index contributed by atoms with van der Waals surface area (Å²) in [5, 5.41) is 9.88. The third kappa shape index (κ3) is 8.43. The van der Waals surface area contributed by atoms with Gasteiger partial charge in [0.15, 0.2) is 0 Å². The molecular formula is C31H46N4O3S2. The number of thiocarbonyl (C=S) groups is 1. The lowest BCUT2D eigenvalue weighted by molar-refractivity contribution is -0.122. The van der Waals surface area contributed by atoms with Crippen molar-refractivity contribution in [3.05, 3.63) is 31.9 Å². The van der Waals surface area contributed by atoms with Crippen molar-refractivity contribution in [2.24, 2.45) is 0 Å². The summed E-state index contributed by atoms with van der Waals surface area (Å²) in [4.78, 5) is 31.3. The maximum atomic E-state index is 13.5. The number of thioether (sulfide) groups is 1. The second-order valence-corrected chi connectivity index (χ2v) is 12.4. The lowest BCUT2D eigenvalue weighted by Gasteiger charge is -2.33. The van der Waals surface area contributed by atoms with Gasteiger partial charge in [0.1, 0.15) is 21.8 Å². The Morgan fingerprint density at radius 2 is 1.52 bits per heavy atom. The summed E-state index contributed by atoms with van der Waals surface area (Å²) >= 11 is 6.94. The Kier molecular flexibility index (Phi) is 13.7. The van der Waals surface area contributed by atoms with Gasteiger partial charge in [0.25, 0.3) is 11.5 Å². The number of nitrogens with zero attached hydrogens (tertiary/aromatic N) is 4. The van der Waals surface area contributed by atoms with Gasteiger partial charge in [0.05, 0.1) is 18.1 Å². The van der Waals surface area contributed by atoms with Gasteiger partial charge in [-0.2, -0.15) is 5.26 Å². The Balaban J connectivity index is 1.76. The number of aromatic nitrogens is 1. The number of ether oxygens (including phenoxy) is 1. The zero-order chi connectivity index (χ0) is 28.9. The fourth-order valence-corrected chi connectivity index (χ4v) is 6.66. The molecule has 0 saturated carbocycles. The van der Waals surface area contributed by atoms with Crippen molar-refractivity contribution >= 4 is 46.1 Å². The van der Waals surface area contributed by atoms with Crippen LogP contribution in [0.4, 0.5) is 5.82 Å². The van der Waals surface area contributed by atoms with Gasteiger partial charge in [-0.15, -0.1) is 0 Å². The van der Waals surface area contributed by atoms with Crippen LogP contribution in [0.2, 0.25) is 0 Å². The van der Waals surface area contributed by atoms with Crippen molar-refractivity contribution < 1.29 is 9.53 Å². The molecule has 0 unspecified atom stereocenters. The fraction of sp³-hybridized carbons (Fsp3) is 0.677. The maximum absolute atomic E-state index is 13.5. The summed E-state index contributed by atoms with van der Waals surface area (Å²) in [5.74, 6) is 0.696. The van der Waals surface area contributed by atoms with Gasteiger partial charge in [-0.05, 0) is 31.4 Å². The Labute approximate surface area is 249 Å². The first kappa shape index (κ1) is 32.4. The van der Waals surface area contributed by atoms with Crippen molar-refractivity contribution in [3.63, 3.8) is 0 Å². The number of anilines is 1. The highest BCUT2D eigenvalue weighted by Crippen LogP contribution is 2.36. The highest BCUT2D eigenvalue weighted by atomic mass is 32.2. The van der Waals surface area contributed by atoms with Gasteiger partial charge in [-0.3, -0.25) is 19.1 Å². The first-order chi connectivity index (χ1) is 19.4. The molecular weight excluding hydrogens is 541 g/mol. The van der Waals surface area contributed by atoms with E-state index >= 15 is 0 Å². The molecule has 0 bridgehead atoms. The second kappa shape index (κ2) is 17.0. The minimum absolute atomic E-state index is 0.0805. The predicted molar refractivity (Wildman–Crippen MR) is 170 cm³/mol. The normalized spacial score (nSPS) is 16.8. The van der Waals surface area contributed by atoms with Crippen LogP contribution in [0.15, 0.2) is 9.70 Å². The zero-order valence-electron chi connectivity index (χ0n) is 24.6. The number of pyridine rings is 1. The number of morpholine rings is 1. The van der Waals surface area contributed by atoms with E-state index in [9.17, 15) is 14.9 Å². The van der Waals surface area contributed by atoms with Crippen LogP contribution < -0.4 is 10.5 Å². The smallest absolute Gasteiger partial charge is 0.270 e. The van der Waals surface area contributed by atoms with Crippen LogP contribution >= 0.6 is 24.0 Å². The third-order valence-electron chi connectivity index (χ3n) is 7.78. The molecule has 0 aromatic carbocycles. The number of amides is 1. The Hall–Kier alpha value is -2.15. The first-order valence-electron chi connectivity index (χ1n) is 15.2. The van der Waals surface area contributed by atoms with E-state index < -0.39 is 0 Å². The average Bonchev–Trinajstić information content (AvgIpc) is 3.22. The molecule has 0 radical (unpaired) electrons. The molecule has 7 nitrogen and oxygen atoms in total. The van der Waals surface area contributed by atoms with E-state index in [1.54, 1.807) is 9.47 Å². The summed E-state index contributed by atoms with van der Waals surface area (Å²) in [6.07, 6.45) is 16.0. The average molecular weight is 587 g/mol. The SMILES string of the molecule is CCCCCCCCCCCCN1C(=O)/C(=C/c2c(C)c(C#N)c(=O)n(CCCC)c2N2CCOCC2)SC1=S. The van der Waals surface area contributed by atoms with Crippen molar-refractivity contribution in [2.75, 3.05) is 37.7 Å². The standard InChI is InChI=1S/C31H46N4O3S2/c1-4-6-8-9-10-11-12-13-14-15-17-35-30(37)27(40-31(35)39)22-25-24(3)26(23-32)29(36)34(16-7-5-2)28(25)33-18-20-38-21-19-33/h22H,4-21H2,1-3H3/b27-22-. The Bertz CT molecular complexity index is 1150. The molecule has 2 fully saturated rings. The van der Waals surface area contributed by atoms with Crippen LogP contribution in [-0.4, -0.2) is 52.5 Å². The van der Waals surface area contributed by atoms with Crippen LogP contribution in [0.3, 0.4) is 0 Å². The lowest BCUT2D eigenvalue weighted by atomic mass is 10.0. The molecule has 0 N–H and O–H groups in total. The van der Waals surface area contributed by atoms with Crippen LogP contribution in [0.1, 0.15) is 108 Å². The van der Waals surface area contributed by atoms with Gasteiger partial charge >= 0.3 is 0 Å². The summed E-state index contributed by atoms with van der Waals surface area (Å²) in [6.45, 7) is 9.74. The van der Waals surface area contributed by atoms with Crippen molar-refractivity contribution in [1.82, 2.24) is 9.47 Å². The van der Waals surface area contributed by atoms with Gasteiger partial charge < -0.3 is 9.64 Å². The van der Waals surface area contributed by atoms with E-state index in [2.05, 4.69) is 24.8 Å². The van der Waals surface area contributed by atoms with E-state index in [1.165, 1.54) is 63.1 Å². The minimum Gasteiger partial charge on any atom is -0.378 e. The topological polar surface area (TPSA) is 78.6 Å². The summed E-state index contributed by atoms with van der Waals surface area (Å²) in [6, 6.07) is 2.13. The van der Waals surface area contributed by atoms with Crippen LogP contribution in [0, 0.1) is 18.3 Å². The quantitative estimate of drug-likeness (QED) is 0.120. The molecule has 0 spiro atoms. The minimum atomic E-state index is -0.263. The van der Waals surface area contributed by atoms with Crippen LogP contribution in [0.25, 0.3) is 6.08 Å². The number of nitriles is 1. The number of hydrogen-bond donors (Lipinski definition) is 0. The van der Waals surface area contributed by atoms with Crippen molar-refractivity contribution in [1.29, 1.82) is 5.26 Å². The lowest BCUT2D eigenvalue weighted by Crippen LogP contribution is -2.41. The number of carbonyl (C=O) groups is 1. The molecule has 40 heavy (non-hydrogen) atoms. The molecule has 3 heterocycles. The Morgan fingerprint density at radius 3 is 2.12 bits per heavy atom. The molecule has 0 atom stereocenters. The number of unbranched alkanes of at least 4 members (excludes halogenated alkanes) is 10. The molecule has 0 aliphatic carbocycles. The molecule has 2 aliphatic rings. The van der Waals surface area contributed by atoms with Gasteiger partial charge in [0, 0.05) is 31.7 Å². The molecule has 2 aliphatic heterocycles. The van der Waals surface area contributed by atoms with E-state index in [0.29, 0.717) is 54.2 Å². The predicted octanol–water partition coefficient (Wildman–Crippen LogP) is 6.79. The van der Waals surface area contributed by atoms with Crippen molar-refractivity contribution in [3.8, 4) is 6.07 Å². The molecule has 9 heteroatoms. The third-order valence-corrected chi connectivity index (χ3v) is 9.15. The molecule has 1 amide bonds. The molecule has 3 rings (SSSR count). The first-order valence-corrected chi connectivity index (χ1v) is 16.4. The van der Waals surface area contributed by atoms with Gasteiger partial charge in [-0.25, -0.2) is 0 Å². The fourth-order valence-electron chi connectivity index (χ4n) is 5.36. The van der Waals surface area contributed by atoms with E-state index in [0.717, 1.165) is 37.1 Å². The molecule has 1 aromatic rings. The van der Waals surface area contributed by atoms with Gasteiger partial charge in [-0.1, -0.05) is 102 Å². The number of carbonyl (C=O) groups excluding carboxylic acids is 1.